The molecular formula is C10H7ClO3. The van der Waals surface area contributed by atoms with Crippen LogP contribution in [0.25, 0.3) is 11.0 Å². The third-order valence-electron chi connectivity index (χ3n) is 1.95. The van der Waals surface area contributed by atoms with Crippen LogP contribution in [0.15, 0.2) is 22.6 Å². The van der Waals surface area contributed by atoms with Crippen LogP contribution in [0.5, 0.6) is 5.75 Å². The van der Waals surface area contributed by atoms with Crippen molar-refractivity contribution in [2.45, 2.75) is 0 Å². The van der Waals surface area contributed by atoms with Crippen molar-refractivity contribution < 1.29 is 13.9 Å². The first kappa shape index (κ1) is 9.09. The van der Waals surface area contributed by atoms with Crippen LogP contribution in [0.4, 0.5) is 0 Å². The van der Waals surface area contributed by atoms with E-state index < -0.39 is 0 Å². The Bertz CT molecular complexity index is 487. The molecule has 4 heteroatoms. The maximum absolute atomic E-state index is 10.6. The van der Waals surface area contributed by atoms with Gasteiger partial charge < -0.3 is 9.15 Å². The second-order valence-corrected chi connectivity index (χ2v) is 3.18. The van der Waals surface area contributed by atoms with Crippen LogP contribution in [0.1, 0.15) is 10.4 Å². The molecule has 0 atom stereocenters. The van der Waals surface area contributed by atoms with Crippen molar-refractivity contribution in [2.24, 2.45) is 0 Å². The second kappa shape index (κ2) is 3.35. The highest BCUT2D eigenvalue weighted by atomic mass is 35.5. The molecule has 1 aromatic heterocycles. The number of carbonyl (C=O) groups is 1. The SMILES string of the molecule is COc1cc(C=O)cc2oc(Cl)cc12. The monoisotopic (exact) mass is 210 g/mol. The average molecular weight is 211 g/mol. The van der Waals surface area contributed by atoms with Gasteiger partial charge in [-0.15, -0.1) is 0 Å². The molecule has 0 N–H and O–H groups in total. The van der Waals surface area contributed by atoms with Gasteiger partial charge in [0.25, 0.3) is 0 Å². The van der Waals surface area contributed by atoms with E-state index in [-0.39, 0.29) is 5.22 Å². The number of carbonyl (C=O) groups excluding carboxylic acids is 1. The summed E-state index contributed by atoms with van der Waals surface area (Å²) in [6.07, 6.45) is 0.735. The molecule has 0 spiro atoms. The highest BCUT2D eigenvalue weighted by molar-refractivity contribution is 6.29. The Balaban J connectivity index is 2.78. The normalized spacial score (nSPS) is 10.4. The Kier molecular flexibility index (Phi) is 2.17. The second-order valence-electron chi connectivity index (χ2n) is 2.80. The number of benzene rings is 1. The number of halogens is 1. The number of rotatable bonds is 2. The fraction of sp³-hybridized carbons (Fsp3) is 0.100. The molecule has 2 rings (SSSR count). The van der Waals surface area contributed by atoms with Gasteiger partial charge in [0.1, 0.15) is 17.6 Å². The highest BCUT2D eigenvalue weighted by Gasteiger charge is 2.09. The number of fused-ring (bicyclic) bond motifs is 1. The summed E-state index contributed by atoms with van der Waals surface area (Å²) in [4.78, 5) is 10.6. The minimum absolute atomic E-state index is 0.279. The van der Waals surface area contributed by atoms with Crippen molar-refractivity contribution in [3.8, 4) is 5.75 Å². The number of furan rings is 1. The van der Waals surface area contributed by atoms with Gasteiger partial charge in [-0.2, -0.15) is 0 Å². The van der Waals surface area contributed by atoms with Crippen LogP contribution in [0, 0.1) is 0 Å². The van der Waals surface area contributed by atoms with Gasteiger partial charge in [0.05, 0.1) is 12.5 Å². The molecule has 0 saturated carbocycles. The summed E-state index contributed by atoms with van der Waals surface area (Å²) in [7, 11) is 1.53. The molecule has 0 saturated heterocycles. The van der Waals surface area contributed by atoms with Gasteiger partial charge in [-0.3, -0.25) is 4.79 Å². The zero-order chi connectivity index (χ0) is 10.1. The minimum atomic E-state index is 0.279. The molecule has 3 nitrogen and oxygen atoms in total. The molecule has 1 heterocycles. The Morgan fingerprint density at radius 3 is 2.86 bits per heavy atom. The van der Waals surface area contributed by atoms with Crippen molar-refractivity contribution in [2.75, 3.05) is 7.11 Å². The molecule has 0 bridgehead atoms. The van der Waals surface area contributed by atoms with Crippen molar-refractivity contribution >= 4 is 28.9 Å². The lowest BCUT2D eigenvalue weighted by atomic mass is 10.1. The van der Waals surface area contributed by atoms with Crippen LogP contribution in [-0.4, -0.2) is 13.4 Å². The molecule has 0 radical (unpaired) electrons. The molecule has 0 aliphatic rings. The fourth-order valence-electron chi connectivity index (χ4n) is 1.33. The van der Waals surface area contributed by atoms with Gasteiger partial charge in [-0.25, -0.2) is 0 Å². The highest BCUT2D eigenvalue weighted by Crippen LogP contribution is 2.31. The summed E-state index contributed by atoms with van der Waals surface area (Å²) in [5, 5.41) is 1.05. The Labute approximate surface area is 85.2 Å². The number of hydrogen-bond acceptors (Lipinski definition) is 3. The average Bonchev–Trinajstić information content (AvgIpc) is 2.56. The lowest BCUT2D eigenvalue weighted by Gasteiger charge is -2.00. The lowest BCUT2D eigenvalue weighted by Crippen LogP contribution is -1.86. The van der Waals surface area contributed by atoms with E-state index in [1.165, 1.54) is 7.11 Å². The quantitative estimate of drug-likeness (QED) is 0.716. The fourth-order valence-corrected chi connectivity index (χ4v) is 1.53. The molecule has 14 heavy (non-hydrogen) atoms. The van der Waals surface area contributed by atoms with Crippen molar-refractivity contribution in [3.63, 3.8) is 0 Å². The molecule has 0 aliphatic carbocycles. The summed E-state index contributed by atoms with van der Waals surface area (Å²) in [6.45, 7) is 0. The van der Waals surface area contributed by atoms with E-state index in [1.807, 2.05) is 0 Å². The van der Waals surface area contributed by atoms with Crippen LogP contribution in [-0.2, 0) is 0 Å². The van der Waals surface area contributed by atoms with Gasteiger partial charge in [0.2, 0.25) is 0 Å². The van der Waals surface area contributed by atoms with Gasteiger partial charge >= 0.3 is 0 Å². The maximum atomic E-state index is 10.6. The van der Waals surface area contributed by atoms with E-state index in [9.17, 15) is 4.79 Å². The van der Waals surface area contributed by atoms with Crippen LogP contribution < -0.4 is 4.74 Å². The topological polar surface area (TPSA) is 39.4 Å². The van der Waals surface area contributed by atoms with Gasteiger partial charge in [-0.05, 0) is 23.7 Å². The summed E-state index contributed by atoms with van der Waals surface area (Å²) in [5.41, 5.74) is 1.05. The van der Waals surface area contributed by atoms with Crippen LogP contribution in [0.3, 0.4) is 0 Å². The molecule has 0 aliphatic heterocycles. The zero-order valence-electron chi connectivity index (χ0n) is 7.41. The predicted molar refractivity (Wildman–Crippen MR) is 53.2 cm³/mol. The summed E-state index contributed by atoms with van der Waals surface area (Å²) < 4.78 is 10.3. The Hall–Kier alpha value is -1.48. The first-order chi connectivity index (χ1) is 6.74. The van der Waals surface area contributed by atoms with Crippen molar-refractivity contribution in [3.05, 3.63) is 29.0 Å². The van der Waals surface area contributed by atoms with Gasteiger partial charge in [0.15, 0.2) is 5.22 Å². The van der Waals surface area contributed by atoms with E-state index >= 15 is 0 Å². The number of aldehydes is 1. The largest absolute Gasteiger partial charge is 0.496 e. The maximum Gasteiger partial charge on any atom is 0.194 e. The predicted octanol–water partition coefficient (Wildman–Crippen LogP) is 2.91. The molecule has 0 fully saturated rings. The third-order valence-corrected chi connectivity index (χ3v) is 2.13. The number of methoxy groups -OCH3 is 1. The van der Waals surface area contributed by atoms with E-state index in [0.29, 0.717) is 16.9 Å². The van der Waals surface area contributed by atoms with E-state index in [0.717, 1.165) is 11.7 Å². The Morgan fingerprint density at radius 1 is 1.43 bits per heavy atom. The van der Waals surface area contributed by atoms with E-state index in [4.69, 9.17) is 20.8 Å². The first-order valence-electron chi connectivity index (χ1n) is 3.97. The van der Waals surface area contributed by atoms with Crippen LogP contribution in [0.2, 0.25) is 5.22 Å². The molecule has 0 amide bonds. The molecule has 2 aromatic rings. The molecule has 1 aromatic carbocycles. The standard InChI is InChI=1S/C10H7ClO3/c1-13-8-2-6(5-12)3-9-7(8)4-10(11)14-9/h2-5H,1H3. The summed E-state index contributed by atoms with van der Waals surface area (Å²) in [5.74, 6) is 0.584. The lowest BCUT2D eigenvalue weighted by molar-refractivity contribution is 0.112. The minimum Gasteiger partial charge on any atom is -0.496 e. The summed E-state index contributed by atoms with van der Waals surface area (Å²) >= 11 is 5.70. The molecule has 72 valence electrons. The number of hydrogen-bond donors (Lipinski definition) is 0. The summed E-state index contributed by atoms with van der Waals surface area (Å²) in [6, 6.07) is 4.92. The molecular weight excluding hydrogens is 204 g/mol. The smallest absolute Gasteiger partial charge is 0.194 e. The first-order valence-corrected chi connectivity index (χ1v) is 4.34. The number of ether oxygens (including phenoxy) is 1. The molecule has 0 unspecified atom stereocenters. The van der Waals surface area contributed by atoms with Crippen molar-refractivity contribution in [1.29, 1.82) is 0 Å². The zero-order valence-corrected chi connectivity index (χ0v) is 8.17. The van der Waals surface area contributed by atoms with Gasteiger partial charge in [0, 0.05) is 11.6 Å². The third kappa shape index (κ3) is 1.36. The van der Waals surface area contributed by atoms with Crippen LogP contribution >= 0.6 is 11.6 Å². The van der Waals surface area contributed by atoms with E-state index in [2.05, 4.69) is 0 Å². The Morgan fingerprint density at radius 2 is 2.21 bits per heavy atom. The van der Waals surface area contributed by atoms with Crippen molar-refractivity contribution in [1.82, 2.24) is 0 Å². The van der Waals surface area contributed by atoms with Gasteiger partial charge in [-0.1, -0.05) is 0 Å². The van der Waals surface area contributed by atoms with E-state index in [1.54, 1.807) is 18.2 Å².